The third-order valence-electron chi connectivity index (χ3n) is 3.23. The van der Waals surface area contributed by atoms with Crippen molar-refractivity contribution in [2.24, 2.45) is 0 Å². The molecule has 0 aliphatic carbocycles. The zero-order chi connectivity index (χ0) is 14.3. The van der Waals surface area contributed by atoms with E-state index < -0.39 is 12.0 Å². The maximum Gasteiger partial charge on any atom is 0.328 e. The minimum atomic E-state index is -0.962. The molecular weight excluding hydrogens is 276 g/mol. The van der Waals surface area contributed by atoms with Crippen molar-refractivity contribution in [1.29, 1.82) is 0 Å². The second kappa shape index (κ2) is 4.68. The number of carboxylic acid groups (broad SMARTS) is 1. The highest BCUT2D eigenvalue weighted by molar-refractivity contribution is 7.17. The van der Waals surface area contributed by atoms with Crippen LogP contribution in [0.1, 0.15) is 17.8 Å². The van der Waals surface area contributed by atoms with Crippen LogP contribution >= 0.6 is 11.3 Å². The maximum absolute atomic E-state index is 11.1. The van der Waals surface area contributed by atoms with Crippen molar-refractivity contribution < 1.29 is 9.90 Å². The Morgan fingerprint density at radius 1 is 1.35 bits per heavy atom. The van der Waals surface area contributed by atoms with E-state index in [4.69, 9.17) is 5.11 Å². The molecule has 20 heavy (non-hydrogen) atoms. The van der Waals surface area contributed by atoms with Crippen LogP contribution in [-0.2, 0) is 4.79 Å². The zero-order valence-corrected chi connectivity index (χ0v) is 11.8. The lowest BCUT2D eigenvalue weighted by Crippen LogP contribution is -2.17. The fourth-order valence-corrected chi connectivity index (χ4v) is 3.23. The van der Waals surface area contributed by atoms with Crippen LogP contribution in [0.25, 0.3) is 21.5 Å². The Balaban J connectivity index is 2.22. The summed E-state index contributed by atoms with van der Waals surface area (Å²) in [4.78, 5) is 13.2. The number of hydrogen-bond acceptors (Lipinski definition) is 5. The molecule has 0 amide bonds. The fraction of sp³-hybridized carbons (Fsp3) is 0.231. The number of aromatic nitrogens is 4. The van der Waals surface area contributed by atoms with Crippen LogP contribution in [0.2, 0.25) is 0 Å². The van der Waals surface area contributed by atoms with Gasteiger partial charge < -0.3 is 5.11 Å². The molecule has 0 fully saturated rings. The van der Waals surface area contributed by atoms with E-state index in [0.29, 0.717) is 5.82 Å². The Morgan fingerprint density at radius 3 is 2.75 bits per heavy atom. The highest BCUT2D eigenvalue weighted by atomic mass is 32.1. The van der Waals surface area contributed by atoms with Crippen molar-refractivity contribution in [3.05, 3.63) is 29.1 Å². The van der Waals surface area contributed by atoms with E-state index in [0.717, 1.165) is 20.5 Å². The second-order valence-electron chi connectivity index (χ2n) is 4.49. The molecule has 6 nitrogen and oxygen atoms in total. The van der Waals surface area contributed by atoms with Gasteiger partial charge in [0.1, 0.15) is 0 Å². The average Bonchev–Trinajstić information content (AvgIpc) is 3.03. The largest absolute Gasteiger partial charge is 0.480 e. The number of carboxylic acids is 1. The molecule has 3 rings (SSSR count). The Bertz CT molecular complexity index is 793. The van der Waals surface area contributed by atoms with E-state index in [1.54, 1.807) is 18.3 Å². The normalized spacial score (nSPS) is 12.7. The minimum Gasteiger partial charge on any atom is -0.480 e. The van der Waals surface area contributed by atoms with Crippen molar-refractivity contribution >= 4 is 28.1 Å². The first-order chi connectivity index (χ1) is 9.59. The molecule has 2 aromatic heterocycles. The standard InChI is InChI=1S/C13H12N4O2S/c1-7(13(18)19)17-12(14-15-16-17)11-10-6-4-3-5-9(10)8(2)20-11/h3-7H,1-2H3,(H,18,19). The van der Waals surface area contributed by atoms with E-state index in [9.17, 15) is 4.79 Å². The molecule has 0 bridgehead atoms. The summed E-state index contributed by atoms with van der Waals surface area (Å²) in [6.07, 6.45) is 0. The molecule has 2 heterocycles. The summed E-state index contributed by atoms with van der Waals surface area (Å²) in [5.74, 6) is -0.467. The van der Waals surface area contributed by atoms with Gasteiger partial charge in [-0.05, 0) is 29.7 Å². The van der Waals surface area contributed by atoms with E-state index in [1.165, 1.54) is 4.68 Å². The lowest BCUT2D eigenvalue weighted by atomic mass is 10.1. The number of nitrogens with zero attached hydrogens (tertiary/aromatic N) is 4. The van der Waals surface area contributed by atoms with Crippen molar-refractivity contribution in [3.63, 3.8) is 0 Å². The van der Waals surface area contributed by atoms with Gasteiger partial charge >= 0.3 is 5.97 Å². The van der Waals surface area contributed by atoms with E-state index in [-0.39, 0.29) is 0 Å². The lowest BCUT2D eigenvalue weighted by molar-refractivity contribution is -0.140. The molecule has 0 spiro atoms. The van der Waals surface area contributed by atoms with Crippen molar-refractivity contribution in [2.45, 2.75) is 19.9 Å². The molecule has 0 saturated heterocycles. The van der Waals surface area contributed by atoms with E-state index in [1.807, 2.05) is 31.2 Å². The summed E-state index contributed by atoms with van der Waals surface area (Å²) >= 11 is 1.57. The molecule has 0 aliphatic rings. The average molecular weight is 288 g/mol. The molecule has 1 unspecified atom stereocenters. The van der Waals surface area contributed by atoms with Gasteiger partial charge in [0.25, 0.3) is 0 Å². The first kappa shape index (κ1) is 12.7. The van der Waals surface area contributed by atoms with Gasteiger partial charge in [0, 0.05) is 10.3 Å². The summed E-state index contributed by atoms with van der Waals surface area (Å²) in [5.41, 5.74) is 0. The maximum atomic E-state index is 11.1. The van der Waals surface area contributed by atoms with Crippen molar-refractivity contribution in [2.75, 3.05) is 0 Å². The third kappa shape index (κ3) is 1.87. The number of thiophene rings is 1. The number of rotatable bonds is 3. The van der Waals surface area contributed by atoms with Gasteiger partial charge in [-0.15, -0.1) is 16.4 Å². The topological polar surface area (TPSA) is 80.9 Å². The molecule has 102 valence electrons. The number of carbonyl (C=O) groups is 1. The molecule has 0 saturated carbocycles. The number of benzene rings is 1. The predicted octanol–water partition coefficient (Wildman–Crippen LogP) is 2.51. The number of tetrazole rings is 1. The predicted molar refractivity (Wildman–Crippen MR) is 75.7 cm³/mol. The third-order valence-corrected chi connectivity index (χ3v) is 4.36. The SMILES string of the molecule is Cc1sc(-c2nnnn2C(C)C(=O)O)c2ccccc12. The smallest absolute Gasteiger partial charge is 0.328 e. The van der Waals surface area contributed by atoms with Gasteiger partial charge in [-0.25, -0.2) is 9.48 Å². The Kier molecular flexibility index (Phi) is 2.98. The monoisotopic (exact) mass is 288 g/mol. The lowest BCUT2D eigenvalue weighted by Gasteiger charge is -2.07. The number of aliphatic carboxylic acids is 1. The molecule has 7 heteroatoms. The van der Waals surface area contributed by atoms with Crippen LogP contribution in [0.3, 0.4) is 0 Å². The minimum absolute atomic E-state index is 0.495. The van der Waals surface area contributed by atoms with Crippen LogP contribution < -0.4 is 0 Å². The number of hydrogen-bond donors (Lipinski definition) is 1. The summed E-state index contributed by atoms with van der Waals surface area (Å²) in [6.45, 7) is 3.59. The fourth-order valence-electron chi connectivity index (χ4n) is 2.13. The Hall–Kier alpha value is -2.28. The van der Waals surface area contributed by atoms with Gasteiger partial charge in [0.05, 0.1) is 4.88 Å². The van der Waals surface area contributed by atoms with E-state index in [2.05, 4.69) is 15.5 Å². The molecule has 1 atom stereocenters. The van der Waals surface area contributed by atoms with Gasteiger partial charge in [-0.3, -0.25) is 0 Å². The Morgan fingerprint density at radius 2 is 2.05 bits per heavy atom. The molecule has 0 aliphatic heterocycles. The van der Waals surface area contributed by atoms with E-state index >= 15 is 0 Å². The van der Waals surface area contributed by atoms with Crippen molar-refractivity contribution in [3.8, 4) is 10.7 Å². The molecular formula is C13H12N4O2S. The number of aryl methyl sites for hydroxylation is 1. The van der Waals surface area contributed by atoms with Crippen molar-refractivity contribution in [1.82, 2.24) is 20.2 Å². The highest BCUT2D eigenvalue weighted by Gasteiger charge is 2.23. The van der Waals surface area contributed by atoms with Gasteiger partial charge in [-0.1, -0.05) is 24.3 Å². The first-order valence-electron chi connectivity index (χ1n) is 6.08. The van der Waals surface area contributed by atoms with Crippen LogP contribution in [0.15, 0.2) is 24.3 Å². The summed E-state index contributed by atoms with van der Waals surface area (Å²) in [7, 11) is 0. The summed E-state index contributed by atoms with van der Waals surface area (Å²) in [6, 6.07) is 7.17. The second-order valence-corrected chi connectivity index (χ2v) is 5.72. The molecule has 0 radical (unpaired) electrons. The van der Waals surface area contributed by atoms with Crippen LogP contribution in [0.4, 0.5) is 0 Å². The molecule has 1 N–H and O–H groups in total. The summed E-state index contributed by atoms with van der Waals surface area (Å²) in [5, 5.41) is 22.8. The van der Waals surface area contributed by atoms with Gasteiger partial charge in [0.15, 0.2) is 11.9 Å². The molecule has 3 aromatic rings. The quantitative estimate of drug-likeness (QED) is 0.801. The van der Waals surface area contributed by atoms with Crippen LogP contribution in [0.5, 0.6) is 0 Å². The summed E-state index contributed by atoms with van der Waals surface area (Å²) < 4.78 is 1.35. The Labute approximate surface area is 118 Å². The van der Waals surface area contributed by atoms with Gasteiger partial charge in [-0.2, -0.15) is 0 Å². The molecule has 1 aromatic carbocycles. The number of fused-ring (bicyclic) bond motifs is 1. The van der Waals surface area contributed by atoms with Crippen LogP contribution in [0, 0.1) is 6.92 Å². The first-order valence-corrected chi connectivity index (χ1v) is 6.90. The van der Waals surface area contributed by atoms with Gasteiger partial charge in [0.2, 0.25) is 0 Å². The van der Waals surface area contributed by atoms with Crippen LogP contribution in [-0.4, -0.2) is 31.3 Å². The highest BCUT2D eigenvalue weighted by Crippen LogP contribution is 2.37. The zero-order valence-electron chi connectivity index (χ0n) is 10.9.